The van der Waals surface area contributed by atoms with Crippen molar-refractivity contribution in [2.75, 3.05) is 0 Å². The number of hydrogen-bond donors (Lipinski definition) is 1. The molecule has 1 aliphatic heterocycles. The molecule has 0 spiro atoms. The summed E-state index contributed by atoms with van der Waals surface area (Å²) >= 11 is 0. The molecule has 3 rings (SSSR count). The highest BCUT2D eigenvalue weighted by Crippen LogP contribution is 2.28. The van der Waals surface area contributed by atoms with E-state index >= 15 is 0 Å². The number of aromatic carboxylic acids is 1. The number of aromatic nitrogens is 3. The van der Waals surface area contributed by atoms with Crippen molar-refractivity contribution in [3.8, 4) is 11.5 Å². The Morgan fingerprint density at radius 1 is 1.47 bits per heavy atom. The third kappa shape index (κ3) is 2.01. The molecule has 1 aliphatic rings. The quantitative estimate of drug-likeness (QED) is 0.895. The molecule has 5 heteroatoms. The van der Waals surface area contributed by atoms with Crippen LogP contribution in [0.3, 0.4) is 0 Å². The molecule has 5 nitrogen and oxygen atoms in total. The average molecular weight is 257 g/mol. The second-order valence-electron chi connectivity index (χ2n) is 5.00. The van der Waals surface area contributed by atoms with Crippen LogP contribution in [0.15, 0.2) is 24.4 Å². The molecule has 0 aromatic carbocycles. The van der Waals surface area contributed by atoms with Crippen LogP contribution in [-0.4, -0.2) is 25.6 Å². The Morgan fingerprint density at radius 3 is 3.00 bits per heavy atom. The summed E-state index contributed by atoms with van der Waals surface area (Å²) < 4.78 is 2.01. The molecule has 1 atom stereocenters. The van der Waals surface area contributed by atoms with Gasteiger partial charge in [-0.25, -0.2) is 9.78 Å². The van der Waals surface area contributed by atoms with E-state index in [4.69, 9.17) is 0 Å². The Kier molecular flexibility index (Phi) is 2.81. The SMILES string of the molecule is CC1CCn2c(-c3ccccn3)nc(C(=O)O)c2C1. The van der Waals surface area contributed by atoms with Gasteiger partial charge in [-0.15, -0.1) is 0 Å². The lowest BCUT2D eigenvalue weighted by Crippen LogP contribution is -2.19. The van der Waals surface area contributed by atoms with Gasteiger partial charge in [-0.05, 0) is 30.9 Å². The monoisotopic (exact) mass is 257 g/mol. The van der Waals surface area contributed by atoms with Crippen LogP contribution >= 0.6 is 0 Å². The van der Waals surface area contributed by atoms with Crippen LogP contribution in [0, 0.1) is 5.92 Å². The van der Waals surface area contributed by atoms with E-state index in [1.807, 2.05) is 22.8 Å². The molecule has 0 aliphatic carbocycles. The lowest BCUT2D eigenvalue weighted by molar-refractivity contribution is 0.0689. The Balaban J connectivity index is 2.17. The first-order valence-electron chi connectivity index (χ1n) is 6.41. The van der Waals surface area contributed by atoms with Crippen molar-refractivity contribution in [1.29, 1.82) is 0 Å². The molecule has 0 fully saturated rings. The van der Waals surface area contributed by atoms with Crippen LogP contribution in [0.1, 0.15) is 29.5 Å². The summed E-state index contributed by atoms with van der Waals surface area (Å²) in [7, 11) is 0. The van der Waals surface area contributed by atoms with Crippen molar-refractivity contribution >= 4 is 5.97 Å². The second kappa shape index (κ2) is 4.50. The minimum atomic E-state index is -0.958. The van der Waals surface area contributed by atoms with Gasteiger partial charge in [0.1, 0.15) is 5.69 Å². The molecular weight excluding hydrogens is 242 g/mol. The normalized spacial score (nSPS) is 18.1. The number of imidazole rings is 1. The third-order valence-corrected chi connectivity index (χ3v) is 3.56. The molecule has 2 aromatic rings. The molecule has 2 aromatic heterocycles. The Hall–Kier alpha value is -2.17. The Morgan fingerprint density at radius 2 is 2.32 bits per heavy atom. The van der Waals surface area contributed by atoms with E-state index in [-0.39, 0.29) is 5.69 Å². The standard InChI is InChI=1S/C14H15N3O2/c1-9-5-7-17-11(8-9)12(14(18)19)16-13(17)10-4-2-3-6-15-10/h2-4,6,9H,5,7-8H2,1H3,(H,18,19). The zero-order valence-corrected chi connectivity index (χ0v) is 10.7. The first-order valence-corrected chi connectivity index (χ1v) is 6.41. The lowest BCUT2D eigenvalue weighted by atomic mass is 9.97. The summed E-state index contributed by atoms with van der Waals surface area (Å²) in [5, 5.41) is 9.29. The summed E-state index contributed by atoms with van der Waals surface area (Å²) in [5.41, 5.74) is 1.73. The summed E-state index contributed by atoms with van der Waals surface area (Å²) in [5.74, 6) is 0.207. The first kappa shape index (κ1) is 11.9. The van der Waals surface area contributed by atoms with Crippen LogP contribution in [0.2, 0.25) is 0 Å². The predicted molar refractivity (Wildman–Crippen MR) is 69.9 cm³/mol. The predicted octanol–water partition coefficient (Wildman–Crippen LogP) is 2.23. The fourth-order valence-corrected chi connectivity index (χ4v) is 2.58. The molecule has 0 saturated carbocycles. The van der Waals surface area contributed by atoms with Gasteiger partial charge in [0.15, 0.2) is 11.5 Å². The van der Waals surface area contributed by atoms with E-state index in [1.54, 1.807) is 6.20 Å². The third-order valence-electron chi connectivity index (χ3n) is 3.56. The van der Waals surface area contributed by atoms with E-state index in [1.165, 1.54) is 0 Å². The summed E-state index contributed by atoms with van der Waals surface area (Å²) in [6.45, 7) is 2.95. The fourth-order valence-electron chi connectivity index (χ4n) is 2.58. The molecule has 3 heterocycles. The largest absolute Gasteiger partial charge is 0.476 e. The number of carbonyl (C=O) groups is 1. The molecule has 98 valence electrons. The Bertz CT molecular complexity index is 619. The van der Waals surface area contributed by atoms with Gasteiger partial charge in [0.2, 0.25) is 0 Å². The number of carboxylic acids is 1. The van der Waals surface area contributed by atoms with Gasteiger partial charge in [0, 0.05) is 12.7 Å². The van der Waals surface area contributed by atoms with E-state index in [0.29, 0.717) is 11.7 Å². The minimum absolute atomic E-state index is 0.173. The summed E-state index contributed by atoms with van der Waals surface area (Å²) in [4.78, 5) is 19.9. The maximum absolute atomic E-state index is 11.3. The van der Waals surface area contributed by atoms with Crippen molar-refractivity contribution < 1.29 is 9.90 Å². The van der Waals surface area contributed by atoms with Crippen LogP contribution in [-0.2, 0) is 13.0 Å². The van der Waals surface area contributed by atoms with E-state index in [9.17, 15) is 9.90 Å². The zero-order valence-electron chi connectivity index (χ0n) is 10.7. The number of carboxylic acid groups (broad SMARTS) is 1. The van der Waals surface area contributed by atoms with Crippen molar-refractivity contribution in [3.05, 3.63) is 35.8 Å². The Labute approximate surface area is 110 Å². The van der Waals surface area contributed by atoms with Crippen molar-refractivity contribution in [2.45, 2.75) is 26.3 Å². The van der Waals surface area contributed by atoms with Crippen molar-refractivity contribution in [3.63, 3.8) is 0 Å². The van der Waals surface area contributed by atoms with Crippen molar-refractivity contribution in [1.82, 2.24) is 14.5 Å². The van der Waals surface area contributed by atoms with Crippen LogP contribution in [0.4, 0.5) is 0 Å². The number of pyridine rings is 1. The van der Waals surface area contributed by atoms with E-state index < -0.39 is 5.97 Å². The smallest absolute Gasteiger partial charge is 0.356 e. The molecular formula is C14H15N3O2. The van der Waals surface area contributed by atoms with Gasteiger partial charge >= 0.3 is 5.97 Å². The number of rotatable bonds is 2. The van der Waals surface area contributed by atoms with Crippen LogP contribution in [0.5, 0.6) is 0 Å². The number of fused-ring (bicyclic) bond motifs is 1. The van der Waals surface area contributed by atoms with Gasteiger partial charge in [-0.1, -0.05) is 13.0 Å². The fraction of sp³-hybridized carbons (Fsp3) is 0.357. The zero-order chi connectivity index (χ0) is 13.4. The molecule has 0 saturated heterocycles. The highest BCUT2D eigenvalue weighted by atomic mass is 16.4. The topological polar surface area (TPSA) is 68.0 Å². The van der Waals surface area contributed by atoms with E-state index in [2.05, 4.69) is 16.9 Å². The summed E-state index contributed by atoms with van der Waals surface area (Å²) in [6, 6.07) is 5.58. The number of nitrogens with zero attached hydrogens (tertiary/aromatic N) is 3. The highest BCUT2D eigenvalue weighted by molar-refractivity contribution is 5.87. The molecule has 19 heavy (non-hydrogen) atoms. The molecule has 0 amide bonds. The molecule has 1 unspecified atom stereocenters. The molecule has 0 bridgehead atoms. The van der Waals surface area contributed by atoms with Gasteiger partial charge in [-0.2, -0.15) is 0 Å². The van der Waals surface area contributed by atoms with Crippen molar-refractivity contribution in [2.24, 2.45) is 5.92 Å². The van der Waals surface area contributed by atoms with Gasteiger partial charge in [0.25, 0.3) is 0 Å². The number of hydrogen-bond acceptors (Lipinski definition) is 3. The first-order chi connectivity index (χ1) is 9.16. The van der Waals surface area contributed by atoms with Gasteiger partial charge in [-0.3, -0.25) is 4.98 Å². The highest BCUT2D eigenvalue weighted by Gasteiger charge is 2.27. The second-order valence-corrected chi connectivity index (χ2v) is 5.00. The van der Waals surface area contributed by atoms with Crippen LogP contribution in [0.25, 0.3) is 11.5 Å². The average Bonchev–Trinajstić information content (AvgIpc) is 2.78. The summed E-state index contributed by atoms with van der Waals surface area (Å²) in [6.07, 6.45) is 3.51. The van der Waals surface area contributed by atoms with Gasteiger partial charge < -0.3 is 9.67 Å². The van der Waals surface area contributed by atoms with Crippen LogP contribution < -0.4 is 0 Å². The van der Waals surface area contributed by atoms with E-state index in [0.717, 1.165) is 30.8 Å². The molecule has 0 radical (unpaired) electrons. The van der Waals surface area contributed by atoms with Gasteiger partial charge in [0.05, 0.1) is 5.69 Å². The maximum Gasteiger partial charge on any atom is 0.356 e. The minimum Gasteiger partial charge on any atom is -0.476 e. The lowest BCUT2D eigenvalue weighted by Gasteiger charge is -2.22. The molecule has 1 N–H and O–H groups in total. The maximum atomic E-state index is 11.3.